The van der Waals surface area contributed by atoms with Crippen molar-refractivity contribution >= 4 is 18.0 Å². The molecule has 34 heavy (non-hydrogen) atoms. The third-order valence-corrected chi connectivity index (χ3v) is 6.77. The molecule has 4 rings (SSSR count). The van der Waals surface area contributed by atoms with Crippen LogP contribution in [-0.4, -0.2) is 53.7 Å². The van der Waals surface area contributed by atoms with Gasteiger partial charge in [0.05, 0.1) is 6.42 Å². The fourth-order valence-corrected chi connectivity index (χ4v) is 5.02. The zero-order chi connectivity index (χ0) is 24.2. The number of rotatable bonds is 7. The van der Waals surface area contributed by atoms with Gasteiger partial charge >= 0.3 is 12.1 Å². The van der Waals surface area contributed by atoms with Crippen LogP contribution in [0.4, 0.5) is 4.79 Å². The van der Waals surface area contributed by atoms with Gasteiger partial charge in [0.1, 0.15) is 12.6 Å². The van der Waals surface area contributed by atoms with Crippen molar-refractivity contribution in [1.82, 2.24) is 10.2 Å². The molecule has 2 amide bonds. The quantitative estimate of drug-likeness (QED) is 0.617. The Labute approximate surface area is 199 Å². The van der Waals surface area contributed by atoms with Gasteiger partial charge < -0.3 is 20.1 Å². The number of hydrogen-bond acceptors (Lipinski definition) is 4. The van der Waals surface area contributed by atoms with Crippen molar-refractivity contribution in [3.63, 3.8) is 0 Å². The van der Waals surface area contributed by atoms with E-state index >= 15 is 0 Å². The highest BCUT2D eigenvalue weighted by atomic mass is 16.5. The Kier molecular flexibility index (Phi) is 6.87. The zero-order valence-electron chi connectivity index (χ0n) is 19.1. The first-order chi connectivity index (χ1) is 16.4. The van der Waals surface area contributed by atoms with Gasteiger partial charge in [0.25, 0.3) is 0 Å². The first-order valence-electron chi connectivity index (χ1n) is 11.4. The number of likely N-dealkylation sites (tertiary alicyclic amines) is 1. The number of nitrogens with zero attached hydrogens (tertiary/aromatic N) is 1. The third-order valence-electron chi connectivity index (χ3n) is 6.77. The van der Waals surface area contributed by atoms with E-state index in [2.05, 4.69) is 23.4 Å². The van der Waals surface area contributed by atoms with E-state index in [-0.39, 0.29) is 43.1 Å². The number of fused-ring (bicyclic) bond motifs is 3. The van der Waals surface area contributed by atoms with Crippen molar-refractivity contribution in [1.29, 1.82) is 0 Å². The van der Waals surface area contributed by atoms with Gasteiger partial charge in [0.2, 0.25) is 5.91 Å². The topological polar surface area (TPSA) is 95.9 Å². The second-order valence-corrected chi connectivity index (χ2v) is 9.01. The van der Waals surface area contributed by atoms with E-state index in [1.165, 1.54) is 0 Å². The number of benzene rings is 2. The molecule has 7 nitrogen and oxygen atoms in total. The van der Waals surface area contributed by atoms with Gasteiger partial charge in [0, 0.05) is 25.4 Å². The number of aliphatic carboxylic acids is 1. The predicted molar refractivity (Wildman–Crippen MR) is 127 cm³/mol. The first kappa shape index (κ1) is 23.4. The van der Waals surface area contributed by atoms with Crippen LogP contribution in [0.1, 0.15) is 36.8 Å². The molecule has 3 atom stereocenters. The summed E-state index contributed by atoms with van der Waals surface area (Å²) in [5, 5.41) is 11.7. The summed E-state index contributed by atoms with van der Waals surface area (Å²) in [7, 11) is 0. The number of alkyl carbamates (subject to hydrolysis) is 1. The molecular weight excluding hydrogens is 432 g/mol. The molecule has 1 saturated heterocycles. The minimum Gasteiger partial charge on any atom is -0.481 e. The molecule has 3 unspecified atom stereocenters. The average molecular weight is 461 g/mol. The van der Waals surface area contributed by atoms with E-state index < -0.39 is 18.1 Å². The lowest BCUT2D eigenvalue weighted by molar-refractivity contribution is -0.138. The average Bonchev–Trinajstić information content (AvgIpc) is 3.34. The summed E-state index contributed by atoms with van der Waals surface area (Å²) in [5.74, 6) is 1.09. The van der Waals surface area contributed by atoms with Crippen molar-refractivity contribution < 1.29 is 24.2 Å². The summed E-state index contributed by atoms with van der Waals surface area (Å²) in [6, 6.07) is 15.2. The van der Waals surface area contributed by atoms with Crippen LogP contribution in [0.3, 0.4) is 0 Å². The highest BCUT2D eigenvalue weighted by Crippen LogP contribution is 2.44. The van der Waals surface area contributed by atoms with E-state index in [1.807, 2.05) is 43.3 Å². The monoisotopic (exact) mass is 460 g/mol. The standard InChI is InChI=1S/C27H28N2O5/c1-3-8-24(26(32)29-14-17(2)18(15-29)13-25(30)31)28-27(33)34-16-23-21-11-6-4-9-19(21)20-10-5-7-12-22(20)23/h1,4-7,9-12,17-18,23-24H,8,13-16H2,2H3,(H,28,33)(H,30,31). The molecule has 2 aromatic carbocycles. The summed E-state index contributed by atoms with van der Waals surface area (Å²) in [6.45, 7) is 2.83. The van der Waals surface area contributed by atoms with Crippen LogP contribution < -0.4 is 5.32 Å². The maximum absolute atomic E-state index is 13.0. The fourth-order valence-electron chi connectivity index (χ4n) is 5.02. The number of nitrogens with one attached hydrogen (secondary N) is 1. The molecule has 7 heteroatoms. The molecular formula is C27H28N2O5. The molecule has 1 aliphatic heterocycles. The van der Waals surface area contributed by atoms with E-state index in [1.54, 1.807) is 4.90 Å². The molecule has 176 valence electrons. The van der Waals surface area contributed by atoms with Gasteiger partial charge in [0.15, 0.2) is 0 Å². The molecule has 1 heterocycles. The van der Waals surface area contributed by atoms with Crippen molar-refractivity contribution in [2.75, 3.05) is 19.7 Å². The number of hydrogen-bond donors (Lipinski definition) is 2. The first-order valence-corrected chi connectivity index (χ1v) is 11.4. The lowest BCUT2D eigenvalue weighted by Crippen LogP contribution is -2.48. The van der Waals surface area contributed by atoms with Crippen molar-refractivity contribution in [2.24, 2.45) is 11.8 Å². The van der Waals surface area contributed by atoms with Crippen molar-refractivity contribution in [3.05, 3.63) is 59.7 Å². The zero-order valence-corrected chi connectivity index (χ0v) is 19.1. The Morgan fingerprint density at radius 1 is 1.12 bits per heavy atom. The lowest BCUT2D eigenvalue weighted by Gasteiger charge is -2.23. The molecule has 1 aliphatic carbocycles. The Bertz CT molecular complexity index is 1090. The van der Waals surface area contributed by atoms with Gasteiger partial charge in [-0.1, -0.05) is 55.5 Å². The molecule has 0 bridgehead atoms. The number of carboxylic acid groups (broad SMARTS) is 1. The number of ether oxygens (including phenoxy) is 1. The molecule has 2 aromatic rings. The minimum absolute atomic E-state index is 0.00452. The van der Waals surface area contributed by atoms with E-state index in [4.69, 9.17) is 16.3 Å². The van der Waals surface area contributed by atoms with Crippen LogP contribution in [-0.2, 0) is 14.3 Å². The summed E-state index contributed by atoms with van der Waals surface area (Å²) in [6.07, 6.45) is 4.78. The Balaban J connectivity index is 1.39. The van der Waals surface area contributed by atoms with Crippen LogP contribution in [0.25, 0.3) is 11.1 Å². The van der Waals surface area contributed by atoms with Gasteiger partial charge in [-0.2, -0.15) is 0 Å². The van der Waals surface area contributed by atoms with Crippen molar-refractivity contribution in [2.45, 2.75) is 31.7 Å². The molecule has 1 fully saturated rings. The highest BCUT2D eigenvalue weighted by Gasteiger charge is 2.37. The number of amides is 2. The second-order valence-electron chi connectivity index (χ2n) is 9.01. The van der Waals surface area contributed by atoms with E-state index in [0.717, 1.165) is 22.3 Å². The van der Waals surface area contributed by atoms with Gasteiger partial charge in [-0.15, -0.1) is 12.3 Å². The summed E-state index contributed by atoms with van der Waals surface area (Å²) in [5.41, 5.74) is 4.46. The SMILES string of the molecule is C#CCC(NC(=O)OCC1c2ccccc2-c2ccccc21)C(=O)N1CC(C)C(CC(=O)O)C1. The Morgan fingerprint density at radius 3 is 2.32 bits per heavy atom. The smallest absolute Gasteiger partial charge is 0.407 e. The molecule has 0 aromatic heterocycles. The van der Waals surface area contributed by atoms with E-state index in [0.29, 0.717) is 13.1 Å². The van der Waals surface area contributed by atoms with E-state index in [9.17, 15) is 14.4 Å². The predicted octanol–water partition coefficient (Wildman–Crippen LogP) is 3.49. The van der Waals surface area contributed by atoms with Crippen LogP contribution in [0, 0.1) is 24.2 Å². The Hall–Kier alpha value is -3.79. The molecule has 0 saturated carbocycles. The summed E-state index contributed by atoms with van der Waals surface area (Å²) >= 11 is 0. The van der Waals surface area contributed by atoms with Crippen LogP contribution >= 0.6 is 0 Å². The second kappa shape index (κ2) is 10.0. The lowest BCUT2D eigenvalue weighted by atomic mass is 9.95. The number of carbonyl (C=O) groups is 3. The molecule has 0 spiro atoms. The third kappa shape index (κ3) is 4.76. The minimum atomic E-state index is -0.920. The number of carboxylic acids is 1. The normalized spacial score (nSPS) is 19.6. The summed E-state index contributed by atoms with van der Waals surface area (Å²) in [4.78, 5) is 38.4. The molecule has 0 radical (unpaired) electrons. The number of carbonyl (C=O) groups excluding carboxylic acids is 2. The summed E-state index contributed by atoms with van der Waals surface area (Å²) < 4.78 is 5.56. The number of terminal acetylenes is 1. The fraction of sp³-hybridized carbons (Fsp3) is 0.370. The van der Waals surface area contributed by atoms with Gasteiger partial charge in [-0.05, 0) is 34.1 Å². The van der Waals surface area contributed by atoms with Gasteiger partial charge in [-0.3, -0.25) is 9.59 Å². The largest absolute Gasteiger partial charge is 0.481 e. The highest BCUT2D eigenvalue weighted by molar-refractivity contribution is 5.86. The maximum Gasteiger partial charge on any atom is 0.407 e. The maximum atomic E-state index is 13.0. The molecule has 2 aliphatic rings. The Morgan fingerprint density at radius 2 is 1.74 bits per heavy atom. The van der Waals surface area contributed by atoms with Crippen LogP contribution in [0.15, 0.2) is 48.5 Å². The van der Waals surface area contributed by atoms with Crippen LogP contribution in [0.5, 0.6) is 0 Å². The van der Waals surface area contributed by atoms with Crippen molar-refractivity contribution in [3.8, 4) is 23.5 Å². The molecule has 2 N–H and O–H groups in total. The van der Waals surface area contributed by atoms with Crippen LogP contribution in [0.2, 0.25) is 0 Å². The van der Waals surface area contributed by atoms with Gasteiger partial charge in [-0.25, -0.2) is 4.79 Å².